The molecule has 118 valence electrons. The lowest BCUT2D eigenvalue weighted by Crippen LogP contribution is -2.38. The number of nitrogens with zero attached hydrogens (tertiary/aromatic N) is 3. The zero-order valence-corrected chi connectivity index (χ0v) is 14.0. The second kappa shape index (κ2) is 6.87. The Morgan fingerprint density at radius 2 is 1.91 bits per heavy atom. The summed E-state index contributed by atoms with van der Waals surface area (Å²) in [7, 11) is 0. The van der Waals surface area contributed by atoms with Crippen LogP contribution in [0.3, 0.4) is 0 Å². The second-order valence-electron chi connectivity index (χ2n) is 5.52. The van der Waals surface area contributed by atoms with Crippen LogP contribution in [0.2, 0.25) is 0 Å². The molecule has 23 heavy (non-hydrogen) atoms. The topological polar surface area (TPSA) is 37.6 Å². The summed E-state index contributed by atoms with van der Waals surface area (Å²) in [5.74, 6) is 0.449. The first-order valence-electron chi connectivity index (χ1n) is 7.59. The van der Waals surface area contributed by atoms with Gasteiger partial charge in [-0.2, -0.15) is 0 Å². The van der Waals surface area contributed by atoms with Gasteiger partial charge in [0.25, 0.3) is 0 Å². The Labute approximate surface area is 140 Å². The van der Waals surface area contributed by atoms with Crippen molar-refractivity contribution in [2.24, 2.45) is 0 Å². The molecular formula is C18H19N3OS. The van der Waals surface area contributed by atoms with Crippen LogP contribution in [0, 0.1) is 0 Å². The minimum absolute atomic E-state index is 0.0869. The van der Waals surface area contributed by atoms with Crippen molar-refractivity contribution in [3.8, 4) is 0 Å². The monoisotopic (exact) mass is 325 g/mol. The van der Waals surface area contributed by atoms with E-state index >= 15 is 0 Å². The summed E-state index contributed by atoms with van der Waals surface area (Å²) < 4.78 is 2.00. The molecule has 0 saturated heterocycles. The molecule has 0 aliphatic carbocycles. The molecule has 0 aliphatic heterocycles. The average molecular weight is 325 g/mol. The first-order valence-corrected chi connectivity index (χ1v) is 8.57. The van der Waals surface area contributed by atoms with E-state index in [1.165, 1.54) is 11.8 Å². The van der Waals surface area contributed by atoms with Crippen molar-refractivity contribution >= 4 is 28.9 Å². The molecule has 1 amide bonds. The second-order valence-corrected chi connectivity index (χ2v) is 6.46. The lowest BCUT2D eigenvalue weighted by Gasteiger charge is -2.26. The highest BCUT2D eigenvalue weighted by Crippen LogP contribution is 2.22. The van der Waals surface area contributed by atoms with Crippen molar-refractivity contribution in [1.82, 2.24) is 9.38 Å². The Balaban J connectivity index is 1.75. The van der Waals surface area contributed by atoms with Crippen LogP contribution >= 0.6 is 11.8 Å². The van der Waals surface area contributed by atoms with Gasteiger partial charge in [0.05, 0.1) is 17.5 Å². The van der Waals surface area contributed by atoms with E-state index in [-0.39, 0.29) is 11.9 Å². The maximum absolute atomic E-state index is 12.7. The number of rotatable bonds is 5. The fraction of sp³-hybridized carbons (Fsp3) is 0.222. The fourth-order valence-electron chi connectivity index (χ4n) is 2.54. The zero-order valence-electron chi connectivity index (χ0n) is 13.2. The Bertz CT molecular complexity index is 798. The molecule has 0 spiro atoms. The quantitative estimate of drug-likeness (QED) is 0.668. The predicted octanol–water partition coefficient (Wildman–Crippen LogP) is 3.87. The molecule has 1 aromatic carbocycles. The lowest BCUT2D eigenvalue weighted by atomic mass is 10.2. The summed E-state index contributed by atoms with van der Waals surface area (Å²) in [5.41, 5.74) is 1.97. The molecule has 3 rings (SSSR count). The standard InChI is InChI=1S/C18H19N3OS/c1-14(2)21(15-8-4-3-5-9-15)17(22)13-23-18-19-12-16-10-6-7-11-20(16)18/h3-12,14H,13H2,1-2H3. The number of pyridine rings is 1. The first kappa shape index (κ1) is 15.6. The van der Waals surface area contributed by atoms with E-state index < -0.39 is 0 Å². The van der Waals surface area contributed by atoms with Crippen LogP contribution in [0.15, 0.2) is 66.1 Å². The van der Waals surface area contributed by atoms with Gasteiger partial charge in [-0.1, -0.05) is 36.0 Å². The van der Waals surface area contributed by atoms with E-state index in [0.29, 0.717) is 5.75 Å². The third kappa shape index (κ3) is 3.40. The van der Waals surface area contributed by atoms with Gasteiger partial charge in [-0.05, 0) is 38.1 Å². The molecule has 0 atom stereocenters. The van der Waals surface area contributed by atoms with Gasteiger partial charge in [0.15, 0.2) is 5.16 Å². The maximum atomic E-state index is 12.7. The number of carbonyl (C=O) groups excluding carboxylic acids is 1. The van der Waals surface area contributed by atoms with Crippen LogP contribution in [0.25, 0.3) is 5.52 Å². The highest BCUT2D eigenvalue weighted by atomic mass is 32.2. The van der Waals surface area contributed by atoms with Crippen LogP contribution in [-0.2, 0) is 4.79 Å². The van der Waals surface area contributed by atoms with Gasteiger partial charge < -0.3 is 4.90 Å². The predicted molar refractivity (Wildman–Crippen MR) is 95.0 cm³/mol. The number of benzene rings is 1. The molecule has 0 aliphatic rings. The average Bonchev–Trinajstić information content (AvgIpc) is 2.97. The number of aromatic nitrogens is 2. The third-order valence-electron chi connectivity index (χ3n) is 3.55. The normalized spacial score (nSPS) is 11.1. The van der Waals surface area contributed by atoms with Gasteiger partial charge in [-0.25, -0.2) is 4.98 Å². The summed E-state index contributed by atoms with van der Waals surface area (Å²) in [6.07, 6.45) is 3.79. The van der Waals surface area contributed by atoms with E-state index in [2.05, 4.69) is 4.98 Å². The zero-order chi connectivity index (χ0) is 16.2. The van der Waals surface area contributed by atoms with Gasteiger partial charge in [-0.3, -0.25) is 9.20 Å². The molecule has 2 aromatic heterocycles. The number of imidazole rings is 1. The van der Waals surface area contributed by atoms with Crippen LogP contribution in [0.4, 0.5) is 5.69 Å². The number of amides is 1. The van der Waals surface area contributed by atoms with E-state index in [1.807, 2.05) is 84.1 Å². The van der Waals surface area contributed by atoms with Crippen molar-refractivity contribution in [3.05, 3.63) is 60.9 Å². The van der Waals surface area contributed by atoms with E-state index in [9.17, 15) is 4.79 Å². The van der Waals surface area contributed by atoms with Crippen molar-refractivity contribution in [1.29, 1.82) is 0 Å². The molecular weight excluding hydrogens is 306 g/mol. The van der Waals surface area contributed by atoms with Crippen molar-refractivity contribution < 1.29 is 4.79 Å². The highest BCUT2D eigenvalue weighted by molar-refractivity contribution is 7.99. The molecule has 0 bridgehead atoms. The Hall–Kier alpha value is -2.27. The van der Waals surface area contributed by atoms with E-state index in [4.69, 9.17) is 0 Å². The summed E-state index contributed by atoms with van der Waals surface area (Å²) in [6.45, 7) is 4.06. The van der Waals surface area contributed by atoms with E-state index in [1.54, 1.807) is 0 Å². The van der Waals surface area contributed by atoms with Gasteiger partial charge in [0.1, 0.15) is 0 Å². The highest BCUT2D eigenvalue weighted by Gasteiger charge is 2.19. The van der Waals surface area contributed by atoms with Crippen molar-refractivity contribution in [2.45, 2.75) is 25.0 Å². The van der Waals surface area contributed by atoms with Gasteiger partial charge in [-0.15, -0.1) is 0 Å². The molecule has 3 aromatic rings. The number of hydrogen-bond donors (Lipinski definition) is 0. The number of thioether (sulfide) groups is 1. The third-order valence-corrected chi connectivity index (χ3v) is 4.50. The van der Waals surface area contributed by atoms with Crippen LogP contribution in [0.1, 0.15) is 13.8 Å². The van der Waals surface area contributed by atoms with Crippen LogP contribution in [-0.4, -0.2) is 27.1 Å². The molecule has 0 saturated carbocycles. The fourth-order valence-corrected chi connectivity index (χ4v) is 3.36. The first-order chi connectivity index (χ1) is 11.2. The van der Waals surface area contributed by atoms with Gasteiger partial charge in [0.2, 0.25) is 5.91 Å². The summed E-state index contributed by atoms with van der Waals surface area (Å²) in [4.78, 5) is 18.9. The number of carbonyl (C=O) groups is 1. The Morgan fingerprint density at radius 1 is 1.17 bits per heavy atom. The molecule has 2 heterocycles. The Kier molecular flexibility index (Phi) is 4.67. The number of hydrogen-bond acceptors (Lipinski definition) is 3. The number of anilines is 1. The molecule has 0 unspecified atom stereocenters. The molecule has 0 N–H and O–H groups in total. The largest absolute Gasteiger partial charge is 0.309 e. The minimum atomic E-state index is 0.0869. The van der Waals surface area contributed by atoms with Gasteiger partial charge >= 0.3 is 0 Å². The number of fused-ring (bicyclic) bond motifs is 1. The summed E-state index contributed by atoms with van der Waals surface area (Å²) >= 11 is 1.47. The Morgan fingerprint density at radius 3 is 2.65 bits per heavy atom. The molecule has 5 heteroatoms. The van der Waals surface area contributed by atoms with Gasteiger partial charge in [0, 0.05) is 17.9 Å². The molecule has 4 nitrogen and oxygen atoms in total. The summed E-state index contributed by atoms with van der Waals surface area (Å²) in [6, 6.07) is 15.8. The van der Waals surface area contributed by atoms with Crippen molar-refractivity contribution in [3.63, 3.8) is 0 Å². The molecule has 0 radical (unpaired) electrons. The number of para-hydroxylation sites is 1. The minimum Gasteiger partial charge on any atom is -0.309 e. The maximum Gasteiger partial charge on any atom is 0.237 e. The summed E-state index contributed by atoms with van der Waals surface area (Å²) in [5, 5.41) is 0.839. The van der Waals surface area contributed by atoms with Crippen molar-refractivity contribution in [2.75, 3.05) is 10.7 Å². The smallest absolute Gasteiger partial charge is 0.237 e. The molecule has 0 fully saturated rings. The SMILES string of the molecule is CC(C)N(C(=O)CSc1ncc2ccccn12)c1ccccc1. The van der Waals surface area contributed by atoms with E-state index in [0.717, 1.165) is 16.4 Å². The van der Waals surface area contributed by atoms with Crippen LogP contribution < -0.4 is 4.90 Å². The van der Waals surface area contributed by atoms with Crippen LogP contribution in [0.5, 0.6) is 0 Å². The lowest BCUT2D eigenvalue weighted by molar-refractivity contribution is -0.116.